The van der Waals surface area contributed by atoms with Crippen LogP contribution >= 0.6 is 0 Å². The summed E-state index contributed by atoms with van der Waals surface area (Å²) in [6.45, 7) is 0.473. The van der Waals surface area contributed by atoms with Crippen LogP contribution in [0.5, 0.6) is 11.8 Å². The number of hydrogen-bond donors (Lipinski definition) is 2. The molecule has 0 bridgehead atoms. The maximum absolute atomic E-state index is 12.3. The van der Waals surface area contributed by atoms with Gasteiger partial charge in [-0.25, -0.2) is 4.98 Å². The Morgan fingerprint density at radius 2 is 1.97 bits per heavy atom. The lowest BCUT2D eigenvalue weighted by atomic mass is 10.2. The van der Waals surface area contributed by atoms with Crippen molar-refractivity contribution in [3.05, 3.63) is 24.2 Å². The van der Waals surface area contributed by atoms with Crippen molar-refractivity contribution in [3.8, 4) is 23.0 Å². The van der Waals surface area contributed by atoms with Crippen molar-refractivity contribution >= 4 is 28.9 Å². The molecule has 1 aliphatic rings. The van der Waals surface area contributed by atoms with E-state index < -0.39 is 0 Å². The molecule has 3 aromatic heterocycles. The molecule has 1 amide bonds. The van der Waals surface area contributed by atoms with Gasteiger partial charge in [0.2, 0.25) is 17.7 Å². The summed E-state index contributed by atoms with van der Waals surface area (Å²) < 4.78 is 13.0. The van der Waals surface area contributed by atoms with Crippen molar-refractivity contribution in [3.63, 3.8) is 0 Å². The number of ether oxygens (including phenoxy) is 2. The number of nitrogens with zero attached hydrogens (tertiary/aromatic N) is 4. The fraction of sp³-hybridized carbons (Fsp3) is 0.381. The summed E-state index contributed by atoms with van der Waals surface area (Å²) >= 11 is 0. The van der Waals surface area contributed by atoms with E-state index in [-0.39, 0.29) is 17.7 Å². The second kappa shape index (κ2) is 8.31. The van der Waals surface area contributed by atoms with Gasteiger partial charge in [-0.05, 0) is 25.6 Å². The number of fused-ring (bicyclic) bond motifs is 1. The van der Waals surface area contributed by atoms with Gasteiger partial charge < -0.3 is 29.5 Å². The third-order valence-corrected chi connectivity index (χ3v) is 5.40. The van der Waals surface area contributed by atoms with E-state index >= 15 is 0 Å². The molecule has 10 heteroatoms. The zero-order valence-corrected chi connectivity index (χ0v) is 17.8. The lowest BCUT2D eigenvalue weighted by Crippen LogP contribution is -2.15. The summed E-state index contributed by atoms with van der Waals surface area (Å²) in [5, 5.41) is 6.68. The smallest absolute Gasteiger partial charge is 0.230 e. The van der Waals surface area contributed by atoms with E-state index in [0.717, 1.165) is 22.9 Å². The molecule has 162 valence electrons. The van der Waals surface area contributed by atoms with Crippen molar-refractivity contribution in [1.29, 1.82) is 0 Å². The highest BCUT2D eigenvalue weighted by Crippen LogP contribution is 2.39. The van der Waals surface area contributed by atoms with Gasteiger partial charge in [0.15, 0.2) is 0 Å². The fourth-order valence-corrected chi connectivity index (χ4v) is 3.64. The minimum Gasteiger partial charge on any atom is -0.480 e. The van der Waals surface area contributed by atoms with E-state index in [1.54, 1.807) is 26.5 Å². The van der Waals surface area contributed by atoms with Crippen LogP contribution in [0.3, 0.4) is 0 Å². The van der Waals surface area contributed by atoms with Crippen LogP contribution in [-0.4, -0.2) is 53.0 Å². The molecular formula is C21H24N6O4. The van der Waals surface area contributed by atoms with Crippen LogP contribution in [0.2, 0.25) is 0 Å². The monoisotopic (exact) mass is 424 g/mol. The molecule has 2 atom stereocenters. The molecule has 3 heterocycles. The lowest BCUT2D eigenvalue weighted by Gasteiger charge is -2.14. The van der Waals surface area contributed by atoms with Crippen molar-refractivity contribution in [2.45, 2.75) is 13.0 Å². The number of rotatable bonds is 8. The fourth-order valence-electron chi connectivity index (χ4n) is 3.64. The largest absolute Gasteiger partial charge is 0.480 e. The average Bonchev–Trinajstić information content (AvgIpc) is 3.51. The molecule has 2 N–H and O–H groups in total. The quantitative estimate of drug-likeness (QED) is 0.523. The highest BCUT2D eigenvalue weighted by atomic mass is 16.5. The van der Waals surface area contributed by atoms with E-state index in [1.165, 1.54) is 0 Å². The standard InChI is InChI=1S/C21H24N6O4/c1-22-9-17-25-20(30-3)18(21(26-17)31-4)14-6-11-7-16(23-8-15(11)27(14)2)24-19(29)13-5-12(13)10-28/h6-8,10,12-13,22H,5,9H2,1-4H3,(H,23,24,29)/t12-,13+/m1/s1. The molecular weight excluding hydrogens is 400 g/mol. The Morgan fingerprint density at radius 1 is 1.26 bits per heavy atom. The van der Waals surface area contributed by atoms with E-state index in [0.29, 0.717) is 41.9 Å². The molecule has 1 saturated carbocycles. The summed E-state index contributed by atoms with van der Waals surface area (Å²) in [6, 6.07) is 3.74. The van der Waals surface area contributed by atoms with E-state index in [2.05, 4.69) is 25.6 Å². The van der Waals surface area contributed by atoms with Crippen molar-refractivity contribution < 1.29 is 19.1 Å². The van der Waals surface area contributed by atoms with Gasteiger partial charge in [-0.3, -0.25) is 4.79 Å². The number of methoxy groups -OCH3 is 2. The summed E-state index contributed by atoms with van der Waals surface area (Å²) in [6.07, 6.45) is 3.11. The van der Waals surface area contributed by atoms with Gasteiger partial charge in [0.1, 0.15) is 23.5 Å². The number of carbonyl (C=O) groups is 2. The summed E-state index contributed by atoms with van der Waals surface area (Å²) in [5.74, 6) is 1.17. The molecule has 31 heavy (non-hydrogen) atoms. The molecule has 0 unspecified atom stereocenters. The Balaban J connectivity index is 1.73. The first-order valence-electron chi connectivity index (χ1n) is 9.86. The first kappa shape index (κ1) is 20.7. The van der Waals surface area contributed by atoms with Crippen LogP contribution in [0.25, 0.3) is 22.2 Å². The lowest BCUT2D eigenvalue weighted by molar-refractivity contribution is -0.119. The van der Waals surface area contributed by atoms with E-state index in [4.69, 9.17) is 9.47 Å². The molecule has 1 aliphatic carbocycles. The number of aldehydes is 1. The van der Waals surface area contributed by atoms with Crippen molar-refractivity contribution in [2.24, 2.45) is 18.9 Å². The van der Waals surface area contributed by atoms with Crippen molar-refractivity contribution in [1.82, 2.24) is 24.8 Å². The Hall–Kier alpha value is -3.53. The predicted octanol–water partition coefficient (Wildman–Crippen LogP) is 1.54. The van der Waals surface area contributed by atoms with Gasteiger partial charge in [-0.2, -0.15) is 9.97 Å². The van der Waals surface area contributed by atoms with Crippen LogP contribution in [0, 0.1) is 11.8 Å². The van der Waals surface area contributed by atoms with Gasteiger partial charge in [0.05, 0.1) is 38.2 Å². The predicted molar refractivity (Wildman–Crippen MR) is 114 cm³/mol. The minimum absolute atomic E-state index is 0.183. The zero-order chi connectivity index (χ0) is 22.1. The van der Waals surface area contributed by atoms with Crippen LogP contribution in [0.1, 0.15) is 12.2 Å². The maximum atomic E-state index is 12.3. The number of aryl methyl sites for hydroxylation is 1. The molecule has 4 rings (SSSR count). The molecule has 0 radical (unpaired) electrons. The highest BCUT2D eigenvalue weighted by molar-refractivity contribution is 5.98. The molecule has 0 aromatic carbocycles. The number of amides is 1. The minimum atomic E-state index is -0.261. The SMILES string of the molecule is CNCc1nc(OC)c(-c2cc3cc(NC(=O)[C@H]4C[C@@H]4C=O)ncc3n2C)c(OC)n1. The molecule has 10 nitrogen and oxygen atoms in total. The highest BCUT2D eigenvalue weighted by Gasteiger charge is 2.42. The normalized spacial score (nSPS) is 17.4. The van der Waals surface area contributed by atoms with Crippen LogP contribution in [0.4, 0.5) is 5.82 Å². The average molecular weight is 424 g/mol. The Morgan fingerprint density at radius 3 is 2.55 bits per heavy atom. The third-order valence-electron chi connectivity index (χ3n) is 5.40. The van der Waals surface area contributed by atoms with Gasteiger partial charge >= 0.3 is 0 Å². The molecule has 3 aromatic rings. The zero-order valence-electron chi connectivity index (χ0n) is 17.8. The number of carbonyl (C=O) groups excluding carboxylic acids is 2. The van der Waals surface area contributed by atoms with E-state index in [1.807, 2.05) is 24.7 Å². The topological polar surface area (TPSA) is 120 Å². The summed E-state index contributed by atoms with van der Waals surface area (Å²) in [7, 11) is 6.82. The second-order valence-corrected chi connectivity index (χ2v) is 7.41. The van der Waals surface area contributed by atoms with Gasteiger partial charge in [0, 0.05) is 24.3 Å². The number of hydrogen-bond acceptors (Lipinski definition) is 8. The Labute approximate surface area is 179 Å². The van der Waals surface area contributed by atoms with Crippen molar-refractivity contribution in [2.75, 3.05) is 26.6 Å². The summed E-state index contributed by atoms with van der Waals surface area (Å²) in [5.41, 5.74) is 2.27. The third kappa shape index (κ3) is 3.81. The van der Waals surface area contributed by atoms with Crippen LogP contribution in [-0.2, 0) is 23.2 Å². The van der Waals surface area contributed by atoms with Gasteiger partial charge in [-0.15, -0.1) is 0 Å². The molecule has 0 aliphatic heterocycles. The van der Waals surface area contributed by atoms with E-state index in [9.17, 15) is 9.59 Å². The maximum Gasteiger partial charge on any atom is 0.230 e. The first-order chi connectivity index (χ1) is 15.0. The second-order valence-electron chi connectivity index (χ2n) is 7.41. The summed E-state index contributed by atoms with van der Waals surface area (Å²) in [4.78, 5) is 36.4. The molecule has 0 spiro atoms. The first-order valence-corrected chi connectivity index (χ1v) is 9.86. The number of pyridine rings is 1. The molecule has 1 fully saturated rings. The number of aromatic nitrogens is 4. The van der Waals surface area contributed by atoms with Crippen LogP contribution < -0.4 is 20.1 Å². The van der Waals surface area contributed by atoms with Gasteiger partial charge in [-0.1, -0.05) is 0 Å². The Kier molecular flexibility index (Phi) is 5.55. The van der Waals surface area contributed by atoms with Crippen LogP contribution in [0.15, 0.2) is 18.3 Å². The Bertz CT molecular complexity index is 1130. The number of anilines is 1. The van der Waals surface area contributed by atoms with Gasteiger partial charge in [0.25, 0.3) is 0 Å². The number of nitrogens with one attached hydrogen (secondary N) is 2. The molecule has 0 saturated heterocycles.